The van der Waals surface area contributed by atoms with E-state index in [1.165, 1.54) is 51.5 Å². The number of fused-ring (bicyclic) bond motifs is 2. The zero-order valence-electron chi connectivity index (χ0n) is 12.4. The second-order valence-corrected chi connectivity index (χ2v) is 8.14. The van der Waals surface area contributed by atoms with Gasteiger partial charge in [0.2, 0.25) is 0 Å². The summed E-state index contributed by atoms with van der Waals surface area (Å²) in [7, 11) is 0. The van der Waals surface area contributed by atoms with Crippen molar-refractivity contribution in [3.05, 3.63) is 0 Å². The first-order valence-corrected chi connectivity index (χ1v) is 8.36. The monoisotopic (exact) mass is 249 g/mol. The van der Waals surface area contributed by atoms with Crippen molar-refractivity contribution in [2.75, 3.05) is 6.54 Å². The van der Waals surface area contributed by atoms with E-state index in [9.17, 15) is 0 Å². The van der Waals surface area contributed by atoms with Crippen molar-refractivity contribution >= 4 is 0 Å². The van der Waals surface area contributed by atoms with Gasteiger partial charge in [-0.3, -0.25) is 0 Å². The van der Waals surface area contributed by atoms with E-state index in [1.807, 2.05) is 0 Å². The van der Waals surface area contributed by atoms with E-state index in [1.54, 1.807) is 12.8 Å². The Morgan fingerprint density at radius 1 is 1.00 bits per heavy atom. The second-order valence-electron chi connectivity index (χ2n) is 8.14. The number of hydrogen-bond donors (Lipinski definition) is 1. The maximum absolute atomic E-state index is 3.93. The van der Waals surface area contributed by atoms with Gasteiger partial charge in [-0.1, -0.05) is 26.7 Å². The van der Waals surface area contributed by atoms with Gasteiger partial charge in [-0.15, -0.1) is 0 Å². The highest BCUT2D eigenvalue weighted by molar-refractivity contribution is 4.91. The fourth-order valence-corrected chi connectivity index (χ4v) is 4.81. The summed E-state index contributed by atoms with van der Waals surface area (Å²) in [6.07, 6.45) is 13.3. The van der Waals surface area contributed by atoms with Crippen LogP contribution in [-0.4, -0.2) is 12.6 Å². The molecule has 3 fully saturated rings. The van der Waals surface area contributed by atoms with Crippen LogP contribution in [0, 0.1) is 23.2 Å². The van der Waals surface area contributed by atoms with E-state index in [4.69, 9.17) is 0 Å². The number of hydrogen-bond acceptors (Lipinski definition) is 1. The molecule has 0 amide bonds. The predicted octanol–water partition coefficient (Wildman–Crippen LogP) is 4.37. The highest BCUT2D eigenvalue weighted by Gasteiger charge is 2.39. The molecule has 104 valence electrons. The quantitative estimate of drug-likeness (QED) is 0.732. The topological polar surface area (TPSA) is 12.0 Å². The summed E-state index contributed by atoms with van der Waals surface area (Å²) in [5.41, 5.74) is 0.600. The Hall–Kier alpha value is -0.0400. The summed E-state index contributed by atoms with van der Waals surface area (Å²) >= 11 is 0. The van der Waals surface area contributed by atoms with Crippen LogP contribution in [-0.2, 0) is 0 Å². The second kappa shape index (κ2) is 5.15. The molecule has 0 aromatic heterocycles. The molecular formula is C17H31N. The van der Waals surface area contributed by atoms with Crippen LogP contribution in [0.4, 0.5) is 0 Å². The third-order valence-corrected chi connectivity index (χ3v) is 6.13. The molecular weight excluding hydrogens is 218 g/mol. The number of nitrogens with one attached hydrogen (secondary N) is 1. The van der Waals surface area contributed by atoms with Crippen LogP contribution in [0.5, 0.6) is 0 Å². The first-order valence-electron chi connectivity index (χ1n) is 8.36. The minimum Gasteiger partial charge on any atom is -0.314 e. The third-order valence-electron chi connectivity index (χ3n) is 6.13. The summed E-state index contributed by atoms with van der Waals surface area (Å²) in [5, 5.41) is 3.93. The Kier molecular flexibility index (Phi) is 3.71. The molecule has 1 nitrogen and oxygen atoms in total. The molecule has 3 rings (SSSR count). The lowest BCUT2D eigenvalue weighted by Gasteiger charge is -2.26. The summed E-state index contributed by atoms with van der Waals surface area (Å²) in [6.45, 7) is 6.23. The molecule has 3 aliphatic carbocycles. The van der Waals surface area contributed by atoms with Crippen LogP contribution in [0.1, 0.15) is 71.6 Å². The van der Waals surface area contributed by atoms with Gasteiger partial charge in [0.1, 0.15) is 0 Å². The molecule has 0 heterocycles. The Morgan fingerprint density at radius 2 is 1.89 bits per heavy atom. The van der Waals surface area contributed by atoms with E-state index >= 15 is 0 Å². The van der Waals surface area contributed by atoms with E-state index in [0.717, 1.165) is 23.8 Å². The Balaban J connectivity index is 1.43. The SMILES string of the molecule is CC1(C)CCCC(NCC2CC3CCC2C3)CC1. The molecule has 1 N–H and O–H groups in total. The van der Waals surface area contributed by atoms with Crippen molar-refractivity contribution < 1.29 is 0 Å². The van der Waals surface area contributed by atoms with Crippen LogP contribution in [0.25, 0.3) is 0 Å². The fourth-order valence-electron chi connectivity index (χ4n) is 4.81. The highest BCUT2D eigenvalue weighted by Crippen LogP contribution is 2.48. The van der Waals surface area contributed by atoms with Crippen LogP contribution in [0.2, 0.25) is 0 Å². The van der Waals surface area contributed by atoms with Gasteiger partial charge < -0.3 is 5.32 Å². The average Bonchev–Trinajstić information content (AvgIpc) is 2.89. The molecule has 1 heteroatoms. The largest absolute Gasteiger partial charge is 0.314 e. The lowest BCUT2D eigenvalue weighted by Crippen LogP contribution is -2.34. The van der Waals surface area contributed by atoms with Gasteiger partial charge in [-0.25, -0.2) is 0 Å². The molecule has 3 saturated carbocycles. The smallest absolute Gasteiger partial charge is 0.00673 e. The fraction of sp³-hybridized carbons (Fsp3) is 1.00. The molecule has 2 bridgehead atoms. The van der Waals surface area contributed by atoms with Crippen molar-refractivity contribution in [3.8, 4) is 0 Å². The van der Waals surface area contributed by atoms with Crippen LogP contribution < -0.4 is 5.32 Å². The molecule has 0 radical (unpaired) electrons. The minimum atomic E-state index is 0.600. The van der Waals surface area contributed by atoms with Gasteiger partial charge in [0.25, 0.3) is 0 Å². The van der Waals surface area contributed by atoms with Crippen molar-refractivity contribution in [3.63, 3.8) is 0 Å². The minimum absolute atomic E-state index is 0.600. The molecule has 0 saturated heterocycles. The molecule has 0 aliphatic heterocycles. The van der Waals surface area contributed by atoms with Gasteiger partial charge in [0.15, 0.2) is 0 Å². The first-order chi connectivity index (χ1) is 8.62. The summed E-state index contributed by atoms with van der Waals surface area (Å²) in [6, 6.07) is 0.825. The zero-order valence-corrected chi connectivity index (χ0v) is 12.4. The highest BCUT2D eigenvalue weighted by atomic mass is 14.9. The van der Waals surface area contributed by atoms with E-state index < -0.39 is 0 Å². The summed E-state index contributed by atoms with van der Waals surface area (Å²) < 4.78 is 0. The van der Waals surface area contributed by atoms with E-state index in [2.05, 4.69) is 19.2 Å². The van der Waals surface area contributed by atoms with Crippen molar-refractivity contribution in [1.29, 1.82) is 0 Å². The van der Waals surface area contributed by atoms with Gasteiger partial charge >= 0.3 is 0 Å². The van der Waals surface area contributed by atoms with Crippen molar-refractivity contribution in [2.24, 2.45) is 23.2 Å². The van der Waals surface area contributed by atoms with Gasteiger partial charge in [0, 0.05) is 6.04 Å². The van der Waals surface area contributed by atoms with Crippen LogP contribution in [0.15, 0.2) is 0 Å². The molecule has 4 unspecified atom stereocenters. The predicted molar refractivity (Wildman–Crippen MR) is 77.6 cm³/mol. The van der Waals surface area contributed by atoms with E-state index in [0.29, 0.717) is 5.41 Å². The van der Waals surface area contributed by atoms with E-state index in [-0.39, 0.29) is 0 Å². The van der Waals surface area contributed by atoms with Crippen molar-refractivity contribution in [2.45, 2.75) is 77.7 Å². The Bertz CT molecular complexity index is 283. The Morgan fingerprint density at radius 3 is 2.61 bits per heavy atom. The lowest BCUT2D eigenvalue weighted by molar-refractivity contribution is 0.289. The molecule has 0 spiro atoms. The standard InChI is InChI=1S/C17H31N/c1-17(2)8-3-4-16(7-9-17)18-12-15-11-13-5-6-14(15)10-13/h13-16,18H,3-12H2,1-2H3. The van der Waals surface area contributed by atoms with Crippen molar-refractivity contribution in [1.82, 2.24) is 5.32 Å². The molecule has 0 aromatic carbocycles. The maximum Gasteiger partial charge on any atom is 0.00673 e. The summed E-state index contributed by atoms with van der Waals surface area (Å²) in [4.78, 5) is 0. The average molecular weight is 249 g/mol. The molecule has 4 atom stereocenters. The normalized spacial score (nSPS) is 43.0. The zero-order chi connectivity index (χ0) is 12.6. The summed E-state index contributed by atoms with van der Waals surface area (Å²) in [5.74, 6) is 3.22. The molecule has 0 aromatic rings. The molecule has 18 heavy (non-hydrogen) atoms. The maximum atomic E-state index is 3.93. The first kappa shape index (κ1) is 13.0. The number of rotatable bonds is 3. The van der Waals surface area contributed by atoms with Crippen LogP contribution in [0.3, 0.4) is 0 Å². The van der Waals surface area contributed by atoms with Crippen LogP contribution >= 0.6 is 0 Å². The Labute approximate surface area is 113 Å². The molecule has 3 aliphatic rings. The third kappa shape index (κ3) is 2.92. The van der Waals surface area contributed by atoms with Gasteiger partial charge in [0.05, 0.1) is 0 Å². The van der Waals surface area contributed by atoms with Gasteiger partial charge in [-0.2, -0.15) is 0 Å². The van der Waals surface area contributed by atoms with Gasteiger partial charge in [-0.05, 0) is 74.7 Å². The lowest BCUT2D eigenvalue weighted by atomic mass is 9.85.